The first-order valence-corrected chi connectivity index (χ1v) is 8.13. The van der Waals surface area contributed by atoms with Crippen molar-refractivity contribution in [3.63, 3.8) is 0 Å². The number of thioether (sulfide) groups is 1. The second-order valence-corrected chi connectivity index (χ2v) is 6.36. The number of ether oxygens (including phenoxy) is 1. The monoisotopic (exact) mass is 338 g/mol. The lowest BCUT2D eigenvalue weighted by Crippen LogP contribution is -2.39. The van der Waals surface area contributed by atoms with E-state index >= 15 is 0 Å². The van der Waals surface area contributed by atoms with Crippen LogP contribution in [0.25, 0.3) is 0 Å². The van der Waals surface area contributed by atoms with Crippen molar-refractivity contribution in [3.05, 3.63) is 40.7 Å². The molecule has 0 unspecified atom stereocenters. The van der Waals surface area contributed by atoms with Crippen LogP contribution in [-0.4, -0.2) is 32.7 Å². The number of benzene rings is 1. The van der Waals surface area contributed by atoms with Crippen LogP contribution in [0.15, 0.2) is 29.4 Å². The van der Waals surface area contributed by atoms with E-state index < -0.39 is 5.25 Å². The van der Waals surface area contributed by atoms with Gasteiger partial charge in [-0.15, -0.1) is 10.2 Å². The zero-order chi connectivity index (χ0) is 15.7. The van der Waals surface area contributed by atoms with Crippen LogP contribution in [0.2, 0.25) is 5.02 Å². The lowest BCUT2D eigenvalue weighted by molar-refractivity contribution is -0.142. The van der Waals surface area contributed by atoms with E-state index in [0.717, 1.165) is 11.4 Å². The minimum Gasteiger partial charge on any atom is -0.465 e. The summed E-state index contributed by atoms with van der Waals surface area (Å²) in [5.74, 6) is 0.468. The maximum absolute atomic E-state index is 12.3. The Morgan fingerprint density at radius 1 is 1.41 bits per heavy atom. The third-order valence-corrected chi connectivity index (χ3v) is 4.79. The molecule has 2 atom stereocenters. The Morgan fingerprint density at radius 2 is 2.14 bits per heavy atom. The smallest absolute Gasteiger partial charge is 0.322 e. The molecule has 0 saturated heterocycles. The molecule has 0 amide bonds. The van der Waals surface area contributed by atoms with Gasteiger partial charge in [-0.2, -0.15) is 0 Å². The lowest BCUT2D eigenvalue weighted by Gasteiger charge is -2.32. The quantitative estimate of drug-likeness (QED) is 0.867. The lowest BCUT2D eigenvalue weighted by atomic mass is 10.0. The highest BCUT2D eigenvalue weighted by Crippen LogP contribution is 2.37. The highest BCUT2D eigenvalue weighted by molar-refractivity contribution is 8.00. The van der Waals surface area contributed by atoms with Crippen LogP contribution in [0.3, 0.4) is 0 Å². The zero-order valence-corrected chi connectivity index (χ0v) is 13.7. The summed E-state index contributed by atoms with van der Waals surface area (Å²) in [4.78, 5) is 12.3. The minimum absolute atomic E-state index is 0.247. The first-order valence-electron chi connectivity index (χ1n) is 6.87. The average Bonchev–Trinajstić information content (AvgIpc) is 2.88. The van der Waals surface area contributed by atoms with Crippen LogP contribution in [0, 0.1) is 6.92 Å². The number of carbonyl (C=O) groups excluding carboxylic acids is 1. The highest BCUT2D eigenvalue weighted by Gasteiger charge is 2.38. The SMILES string of the molecule is CCOC(=O)[C@@H]1Sc2nnc(C)n2N[C@@H]1c1ccc(Cl)cc1. The van der Waals surface area contributed by atoms with Gasteiger partial charge in [0.2, 0.25) is 5.16 Å². The molecule has 0 spiro atoms. The van der Waals surface area contributed by atoms with Crippen molar-refractivity contribution in [3.8, 4) is 0 Å². The number of esters is 1. The molecule has 1 aliphatic heterocycles. The van der Waals surface area contributed by atoms with Crippen molar-refractivity contribution in [2.75, 3.05) is 12.0 Å². The average molecular weight is 339 g/mol. The number of aromatic nitrogens is 3. The van der Waals surface area contributed by atoms with Crippen LogP contribution >= 0.6 is 23.4 Å². The van der Waals surface area contributed by atoms with Crippen molar-refractivity contribution in [1.29, 1.82) is 0 Å². The standard InChI is InChI=1S/C14H15ClN4O2S/c1-3-21-13(20)12-11(9-4-6-10(15)7-5-9)18-19-8(2)16-17-14(19)22-12/h4-7,11-12,18H,3H2,1-2H3/t11-,12-/m1/s1. The number of nitrogens with zero attached hydrogens (tertiary/aromatic N) is 3. The first kappa shape index (κ1) is 15.2. The van der Waals surface area contributed by atoms with Crippen LogP contribution in [0.5, 0.6) is 0 Å². The maximum atomic E-state index is 12.3. The zero-order valence-electron chi connectivity index (χ0n) is 12.1. The molecule has 6 nitrogen and oxygen atoms in total. The summed E-state index contributed by atoms with van der Waals surface area (Å²) in [6.45, 7) is 3.99. The third-order valence-electron chi connectivity index (χ3n) is 3.35. The molecule has 1 aliphatic rings. The third kappa shape index (κ3) is 2.78. The van der Waals surface area contributed by atoms with E-state index in [4.69, 9.17) is 16.3 Å². The summed E-state index contributed by atoms with van der Waals surface area (Å²) in [6, 6.07) is 7.16. The Morgan fingerprint density at radius 3 is 2.82 bits per heavy atom. The number of hydrogen-bond donors (Lipinski definition) is 1. The van der Waals surface area contributed by atoms with Crippen molar-refractivity contribution in [1.82, 2.24) is 14.9 Å². The Hall–Kier alpha value is -1.73. The van der Waals surface area contributed by atoms with E-state index in [1.807, 2.05) is 19.1 Å². The first-order chi connectivity index (χ1) is 10.6. The molecule has 8 heteroatoms. The van der Waals surface area contributed by atoms with Crippen molar-refractivity contribution < 1.29 is 9.53 Å². The number of hydrogen-bond acceptors (Lipinski definition) is 6. The molecule has 0 aliphatic carbocycles. The predicted molar refractivity (Wildman–Crippen MR) is 84.6 cm³/mol. The van der Waals surface area contributed by atoms with Crippen LogP contribution < -0.4 is 5.43 Å². The van der Waals surface area contributed by atoms with Gasteiger partial charge < -0.3 is 10.2 Å². The van der Waals surface area contributed by atoms with E-state index in [0.29, 0.717) is 16.8 Å². The molecular weight excluding hydrogens is 324 g/mol. The Labute approximate surface area is 137 Å². The number of aryl methyl sites for hydroxylation is 1. The summed E-state index contributed by atoms with van der Waals surface area (Å²) in [6.07, 6.45) is 0. The second-order valence-electron chi connectivity index (χ2n) is 4.81. The summed E-state index contributed by atoms with van der Waals surface area (Å²) in [5, 5.41) is 8.99. The molecule has 1 aromatic heterocycles. The van der Waals surface area contributed by atoms with Gasteiger partial charge in [-0.3, -0.25) is 4.79 Å². The number of halogens is 1. The summed E-state index contributed by atoms with van der Waals surface area (Å²) < 4.78 is 6.99. The molecule has 3 rings (SSSR count). The van der Waals surface area contributed by atoms with Gasteiger partial charge in [0.05, 0.1) is 12.6 Å². The molecule has 2 aromatic rings. The topological polar surface area (TPSA) is 69.0 Å². The van der Waals surface area contributed by atoms with Crippen molar-refractivity contribution >= 4 is 29.3 Å². The molecule has 0 fully saturated rings. The van der Waals surface area contributed by atoms with Gasteiger partial charge in [0.1, 0.15) is 11.1 Å². The van der Waals surface area contributed by atoms with Gasteiger partial charge in [-0.1, -0.05) is 35.5 Å². The Bertz CT molecular complexity index is 689. The maximum Gasteiger partial charge on any atom is 0.322 e. The molecule has 0 radical (unpaired) electrons. The van der Waals surface area contributed by atoms with Gasteiger partial charge in [0, 0.05) is 5.02 Å². The van der Waals surface area contributed by atoms with Gasteiger partial charge in [0.15, 0.2) is 0 Å². The van der Waals surface area contributed by atoms with Crippen LogP contribution in [-0.2, 0) is 9.53 Å². The van der Waals surface area contributed by atoms with E-state index in [9.17, 15) is 4.79 Å². The molecular formula is C14H15ClN4O2S. The normalized spacial score (nSPS) is 20.1. The molecule has 116 valence electrons. The highest BCUT2D eigenvalue weighted by atomic mass is 35.5. The summed E-state index contributed by atoms with van der Waals surface area (Å²) >= 11 is 7.30. The van der Waals surface area contributed by atoms with E-state index in [1.165, 1.54) is 11.8 Å². The second kappa shape index (κ2) is 6.18. The molecule has 1 N–H and O–H groups in total. The van der Waals surface area contributed by atoms with Crippen molar-refractivity contribution in [2.45, 2.75) is 30.3 Å². The molecule has 2 heterocycles. The molecule has 0 bridgehead atoms. The van der Waals surface area contributed by atoms with E-state index in [1.54, 1.807) is 23.7 Å². The number of nitrogens with one attached hydrogen (secondary N) is 1. The fourth-order valence-corrected chi connectivity index (χ4v) is 3.53. The van der Waals surface area contributed by atoms with Crippen LogP contribution in [0.4, 0.5) is 0 Å². The summed E-state index contributed by atoms with van der Waals surface area (Å²) in [7, 11) is 0. The Kier molecular flexibility index (Phi) is 4.26. The van der Waals surface area contributed by atoms with Crippen molar-refractivity contribution in [2.24, 2.45) is 0 Å². The predicted octanol–water partition coefficient (Wildman–Crippen LogP) is 2.56. The minimum atomic E-state index is -0.433. The molecule has 0 saturated carbocycles. The van der Waals surface area contributed by atoms with Gasteiger partial charge in [-0.05, 0) is 31.5 Å². The molecule has 22 heavy (non-hydrogen) atoms. The van der Waals surface area contributed by atoms with E-state index in [-0.39, 0.29) is 12.0 Å². The molecule has 1 aromatic carbocycles. The number of rotatable bonds is 3. The fourth-order valence-electron chi connectivity index (χ4n) is 2.28. The van der Waals surface area contributed by atoms with Gasteiger partial charge >= 0.3 is 5.97 Å². The van der Waals surface area contributed by atoms with Crippen LogP contribution in [0.1, 0.15) is 24.4 Å². The Balaban J connectivity index is 1.97. The van der Waals surface area contributed by atoms with Gasteiger partial charge in [-0.25, -0.2) is 4.68 Å². The number of fused-ring (bicyclic) bond motifs is 1. The number of carbonyl (C=O) groups is 1. The van der Waals surface area contributed by atoms with Gasteiger partial charge in [0.25, 0.3) is 0 Å². The largest absolute Gasteiger partial charge is 0.465 e. The summed E-state index contributed by atoms with van der Waals surface area (Å²) in [5.41, 5.74) is 4.25. The van der Waals surface area contributed by atoms with E-state index in [2.05, 4.69) is 15.6 Å². The fraction of sp³-hybridized carbons (Fsp3) is 0.357.